The number of amides is 2. The number of hydrogen-bond acceptors (Lipinski definition) is 3. The highest BCUT2D eigenvalue weighted by Gasteiger charge is 2.26. The maximum Gasteiger partial charge on any atom is 0.228 e. The summed E-state index contributed by atoms with van der Waals surface area (Å²) in [6.07, 6.45) is 1.73. The first kappa shape index (κ1) is 20.0. The van der Waals surface area contributed by atoms with Gasteiger partial charge in [-0.1, -0.05) is 18.2 Å². The van der Waals surface area contributed by atoms with E-state index in [2.05, 4.69) is 15.5 Å². The Labute approximate surface area is 164 Å². The number of halogens is 1. The molecule has 2 aromatic carbocycles. The minimum Gasteiger partial charge on any atom is -0.325 e. The number of benzene rings is 2. The van der Waals surface area contributed by atoms with Crippen LogP contribution in [0.5, 0.6) is 0 Å². The number of likely N-dealkylation sites (tertiary alicyclic amines) is 1. The molecule has 0 aliphatic carbocycles. The van der Waals surface area contributed by atoms with E-state index in [0.717, 1.165) is 30.5 Å². The van der Waals surface area contributed by atoms with E-state index in [4.69, 9.17) is 0 Å². The number of aryl methyl sites for hydroxylation is 1. The number of rotatable bonds is 5. The molecule has 0 bridgehead atoms. The van der Waals surface area contributed by atoms with Crippen LogP contribution in [0.2, 0.25) is 0 Å². The second kappa shape index (κ2) is 8.97. The Morgan fingerprint density at radius 1 is 1.14 bits per heavy atom. The minimum atomic E-state index is -0.242. The fraction of sp³-hybridized carbons (Fsp3) is 0.364. The lowest BCUT2D eigenvalue weighted by Gasteiger charge is -2.32. The molecule has 0 radical (unpaired) electrons. The molecule has 3 rings (SSSR count). The van der Waals surface area contributed by atoms with Crippen molar-refractivity contribution in [3.63, 3.8) is 0 Å². The lowest BCUT2D eigenvalue weighted by atomic mass is 9.96. The zero-order valence-corrected chi connectivity index (χ0v) is 16.3. The van der Waals surface area contributed by atoms with E-state index in [9.17, 15) is 14.0 Å². The van der Waals surface area contributed by atoms with E-state index in [1.165, 1.54) is 19.1 Å². The largest absolute Gasteiger partial charge is 0.325 e. The van der Waals surface area contributed by atoms with Gasteiger partial charge in [0.2, 0.25) is 11.8 Å². The predicted octanol–water partition coefficient (Wildman–Crippen LogP) is 3.94. The molecule has 1 aliphatic rings. The molecule has 2 aromatic rings. The van der Waals surface area contributed by atoms with Gasteiger partial charge in [-0.3, -0.25) is 14.5 Å². The van der Waals surface area contributed by atoms with Crippen LogP contribution < -0.4 is 10.6 Å². The highest BCUT2D eigenvalue weighted by atomic mass is 19.1. The third-order valence-corrected chi connectivity index (χ3v) is 4.92. The zero-order valence-electron chi connectivity index (χ0n) is 16.3. The fourth-order valence-electron chi connectivity index (χ4n) is 3.60. The molecule has 0 spiro atoms. The number of nitrogens with one attached hydrogen (secondary N) is 2. The average Bonchev–Trinajstić information content (AvgIpc) is 2.64. The number of carbonyl (C=O) groups excluding carboxylic acids is 2. The Hall–Kier alpha value is -2.73. The van der Waals surface area contributed by atoms with Crippen LogP contribution in [0.25, 0.3) is 0 Å². The van der Waals surface area contributed by atoms with Crippen LogP contribution in [-0.2, 0) is 16.1 Å². The summed E-state index contributed by atoms with van der Waals surface area (Å²) in [4.78, 5) is 26.5. The van der Waals surface area contributed by atoms with Crippen LogP contribution in [0.15, 0.2) is 42.5 Å². The molecular weight excluding hydrogens is 357 g/mol. The van der Waals surface area contributed by atoms with E-state index in [1.54, 1.807) is 12.1 Å². The molecule has 148 valence electrons. The summed E-state index contributed by atoms with van der Waals surface area (Å²) in [5, 5.41) is 5.74. The van der Waals surface area contributed by atoms with Gasteiger partial charge in [-0.15, -0.1) is 0 Å². The molecule has 1 heterocycles. The Kier molecular flexibility index (Phi) is 6.41. The molecule has 5 nitrogen and oxygen atoms in total. The summed E-state index contributed by atoms with van der Waals surface area (Å²) in [6.45, 7) is 5.53. The molecule has 28 heavy (non-hydrogen) atoms. The predicted molar refractivity (Wildman–Crippen MR) is 109 cm³/mol. The molecule has 1 atom stereocenters. The quantitative estimate of drug-likeness (QED) is 0.822. The first-order chi connectivity index (χ1) is 13.4. The fourth-order valence-corrected chi connectivity index (χ4v) is 3.60. The average molecular weight is 383 g/mol. The molecule has 6 heteroatoms. The lowest BCUT2D eigenvalue weighted by molar-refractivity contribution is -0.121. The van der Waals surface area contributed by atoms with Gasteiger partial charge in [0.05, 0.1) is 17.3 Å². The second-order valence-corrected chi connectivity index (χ2v) is 7.42. The number of hydrogen-bond donors (Lipinski definition) is 2. The van der Waals surface area contributed by atoms with Gasteiger partial charge in [0.15, 0.2) is 0 Å². The topological polar surface area (TPSA) is 61.4 Å². The Morgan fingerprint density at radius 2 is 1.96 bits per heavy atom. The van der Waals surface area contributed by atoms with E-state index in [1.807, 2.05) is 25.1 Å². The van der Waals surface area contributed by atoms with E-state index in [-0.39, 0.29) is 23.5 Å². The highest BCUT2D eigenvalue weighted by Crippen LogP contribution is 2.26. The van der Waals surface area contributed by atoms with E-state index >= 15 is 0 Å². The molecule has 0 aromatic heterocycles. The SMILES string of the molecule is CC(=O)Nc1ccc(C)cc1NC(=O)C1CCCN(Cc2cccc(F)c2)C1. The maximum atomic E-state index is 13.4. The molecule has 1 unspecified atom stereocenters. The highest BCUT2D eigenvalue weighted by molar-refractivity contribution is 5.99. The van der Waals surface area contributed by atoms with Crippen LogP contribution in [0.3, 0.4) is 0 Å². The first-order valence-corrected chi connectivity index (χ1v) is 9.56. The van der Waals surface area contributed by atoms with Crippen molar-refractivity contribution in [3.05, 3.63) is 59.4 Å². The normalized spacial score (nSPS) is 17.2. The van der Waals surface area contributed by atoms with Crippen LogP contribution in [0.1, 0.15) is 30.9 Å². The van der Waals surface area contributed by atoms with Crippen molar-refractivity contribution in [2.45, 2.75) is 33.2 Å². The number of piperidine rings is 1. The Morgan fingerprint density at radius 3 is 2.71 bits per heavy atom. The van der Waals surface area contributed by atoms with Crippen LogP contribution in [0, 0.1) is 18.7 Å². The molecule has 1 fully saturated rings. The van der Waals surface area contributed by atoms with Gasteiger partial charge < -0.3 is 10.6 Å². The van der Waals surface area contributed by atoms with Crippen LogP contribution >= 0.6 is 0 Å². The monoisotopic (exact) mass is 383 g/mol. The van der Waals surface area contributed by atoms with Gasteiger partial charge in [0.25, 0.3) is 0 Å². The summed E-state index contributed by atoms with van der Waals surface area (Å²) in [6, 6.07) is 12.1. The molecule has 2 N–H and O–H groups in total. The summed E-state index contributed by atoms with van der Waals surface area (Å²) in [5.74, 6) is -0.624. The van der Waals surface area contributed by atoms with E-state index < -0.39 is 0 Å². The third-order valence-electron chi connectivity index (χ3n) is 4.92. The van der Waals surface area contributed by atoms with Gasteiger partial charge in [-0.2, -0.15) is 0 Å². The maximum absolute atomic E-state index is 13.4. The third kappa shape index (κ3) is 5.39. The Balaban J connectivity index is 1.66. The van der Waals surface area contributed by atoms with Crippen molar-refractivity contribution in [3.8, 4) is 0 Å². The minimum absolute atomic E-state index is 0.0545. The first-order valence-electron chi connectivity index (χ1n) is 9.56. The number of carbonyl (C=O) groups is 2. The standard InChI is InChI=1S/C22H26FN3O2/c1-15-8-9-20(24-16(2)27)21(11-15)25-22(28)18-6-4-10-26(14-18)13-17-5-3-7-19(23)12-17/h3,5,7-9,11-12,18H,4,6,10,13-14H2,1-2H3,(H,24,27)(H,25,28). The van der Waals surface area contributed by atoms with Gasteiger partial charge in [0, 0.05) is 20.0 Å². The molecule has 0 saturated carbocycles. The van der Waals surface area contributed by atoms with Gasteiger partial charge in [-0.05, 0) is 61.7 Å². The summed E-state index contributed by atoms with van der Waals surface area (Å²) < 4.78 is 13.4. The van der Waals surface area contributed by atoms with Crippen molar-refractivity contribution in [1.82, 2.24) is 4.90 Å². The Bertz CT molecular complexity index is 869. The number of anilines is 2. The lowest BCUT2D eigenvalue weighted by Crippen LogP contribution is -2.40. The second-order valence-electron chi connectivity index (χ2n) is 7.42. The smallest absolute Gasteiger partial charge is 0.228 e. The van der Waals surface area contributed by atoms with Crippen molar-refractivity contribution < 1.29 is 14.0 Å². The van der Waals surface area contributed by atoms with Gasteiger partial charge in [0.1, 0.15) is 5.82 Å². The molecular formula is C22H26FN3O2. The van der Waals surface area contributed by atoms with Gasteiger partial charge in [-0.25, -0.2) is 4.39 Å². The van der Waals surface area contributed by atoms with Crippen molar-refractivity contribution in [2.24, 2.45) is 5.92 Å². The molecule has 2 amide bonds. The summed E-state index contributed by atoms with van der Waals surface area (Å²) in [7, 11) is 0. The molecule has 1 saturated heterocycles. The zero-order chi connectivity index (χ0) is 20.1. The van der Waals surface area contributed by atoms with Crippen molar-refractivity contribution in [2.75, 3.05) is 23.7 Å². The summed E-state index contributed by atoms with van der Waals surface area (Å²) in [5.41, 5.74) is 3.12. The van der Waals surface area contributed by atoms with Crippen molar-refractivity contribution >= 4 is 23.2 Å². The van der Waals surface area contributed by atoms with Crippen LogP contribution in [0.4, 0.5) is 15.8 Å². The number of nitrogens with zero attached hydrogens (tertiary/aromatic N) is 1. The van der Waals surface area contributed by atoms with Gasteiger partial charge >= 0.3 is 0 Å². The molecule has 1 aliphatic heterocycles. The summed E-state index contributed by atoms with van der Waals surface area (Å²) >= 11 is 0. The van der Waals surface area contributed by atoms with Crippen LogP contribution in [-0.4, -0.2) is 29.8 Å². The van der Waals surface area contributed by atoms with Crippen molar-refractivity contribution in [1.29, 1.82) is 0 Å². The van der Waals surface area contributed by atoms with E-state index in [0.29, 0.717) is 24.5 Å².